The van der Waals surface area contributed by atoms with E-state index in [2.05, 4.69) is 10.6 Å². The van der Waals surface area contributed by atoms with Crippen LogP contribution in [-0.4, -0.2) is 43.7 Å². The van der Waals surface area contributed by atoms with Crippen molar-refractivity contribution < 1.29 is 19.2 Å². The van der Waals surface area contributed by atoms with Crippen LogP contribution in [0.15, 0.2) is 18.2 Å². The van der Waals surface area contributed by atoms with E-state index in [9.17, 15) is 14.9 Å². The normalized spacial score (nSPS) is 17.0. The van der Waals surface area contributed by atoms with Gasteiger partial charge in [0, 0.05) is 24.7 Å². The molecule has 0 bridgehead atoms. The Labute approximate surface area is 127 Å². The van der Waals surface area contributed by atoms with Crippen LogP contribution >= 0.6 is 0 Å². The van der Waals surface area contributed by atoms with Crippen LogP contribution < -0.4 is 20.1 Å². The van der Waals surface area contributed by atoms with E-state index < -0.39 is 4.92 Å². The highest BCUT2D eigenvalue weighted by Gasteiger charge is 2.17. The van der Waals surface area contributed by atoms with Gasteiger partial charge in [0.05, 0.1) is 12.0 Å². The Morgan fingerprint density at radius 2 is 2.36 bits per heavy atom. The van der Waals surface area contributed by atoms with Gasteiger partial charge < -0.3 is 20.1 Å². The molecule has 0 aromatic heterocycles. The maximum atomic E-state index is 11.7. The molecule has 1 heterocycles. The molecule has 0 aliphatic carbocycles. The predicted octanol–water partition coefficient (Wildman–Crippen LogP) is 0.850. The summed E-state index contributed by atoms with van der Waals surface area (Å²) in [6, 6.07) is 4.44. The molecular formula is C14H19N3O5. The number of hydrogen-bond acceptors (Lipinski definition) is 6. The van der Waals surface area contributed by atoms with Crippen LogP contribution in [0, 0.1) is 10.1 Å². The number of methoxy groups -OCH3 is 1. The summed E-state index contributed by atoms with van der Waals surface area (Å²) in [5.74, 6) is 0.209. The summed E-state index contributed by atoms with van der Waals surface area (Å²) in [6.45, 7) is 1.42. The standard InChI is InChI=1S/C14H19N3O5/c1-21-13-7-11(4-5-12(13)17(19)20)22-9-14(18)16-8-10-3-2-6-15-10/h4-5,7,10,15H,2-3,6,8-9H2,1H3,(H,16,18). The molecular weight excluding hydrogens is 290 g/mol. The third-order valence-corrected chi connectivity index (χ3v) is 3.43. The maximum absolute atomic E-state index is 11.7. The van der Waals surface area contributed by atoms with Gasteiger partial charge in [0.15, 0.2) is 6.61 Å². The van der Waals surface area contributed by atoms with E-state index in [1.54, 1.807) is 0 Å². The number of rotatable bonds is 7. The topological polar surface area (TPSA) is 103 Å². The van der Waals surface area contributed by atoms with Gasteiger partial charge in [-0.1, -0.05) is 0 Å². The van der Waals surface area contributed by atoms with E-state index >= 15 is 0 Å². The Morgan fingerprint density at radius 3 is 3.00 bits per heavy atom. The molecule has 1 fully saturated rings. The number of ether oxygens (including phenoxy) is 2. The fraction of sp³-hybridized carbons (Fsp3) is 0.500. The van der Waals surface area contributed by atoms with E-state index in [4.69, 9.17) is 9.47 Å². The lowest BCUT2D eigenvalue weighted by molar-refractivity contribution is -0.385. The van der Waals surface area contributed by atoms with Crippen LogP contribution in [0.5, 0.6) is 11.5 Å². The first-order valence-electron chi connectivity index (χ1n) is 7.05. The molecule has 1 aromatic carbocycles. The first-order chi connectivity index (χ1) is 10.6. The van der Waals surface area contributed by atoms with Crippen LogP contribution in [0.3, 0.4) is 0 Å². The summed E-state index contributed by atoms with van der Waals surface area (Å²) < 4.78 is 10.3. The Hall–Kier alpha value is -2.35. The van der Waals surface area contributed by atoms with Gasteiger partial charge >= 0.3 is 5.69 Å². The fourth-order valence-corrected chi connectivity index (χ4v) is 2.27. The number of nitrogens with one attached hydrogen (secondary N) is 2. The number of hydrogen-bond donors (Lipinski definition) is 2. The highest BCUT2D eigenvalue weighted by Crippen LogP contribution is 2.30. The lowest BCUT2D eigenvalue weighted by Crippen LogP contribution is -2.39. The molecule has 1 atom stereocenters. The number of nitrogens with zero attached hydrogens (tertiary/aromatic N) is 1. The van der Waals surface area contributed by atoms with Crippen molar-refractivity contribution in [1.82, 2.24) is 10.6 Å². The molecule has 8 heteroatoms. The summed E-state index contributed by atoms with van der Waals surface area (Å²) in [4.78, 5) is 21.9. The van der Waals surface area contributed by atoms with E-state index in [-0.39, 0.29) is 24.0 Å². The number of nitro benzene ring substituents is 1. The molecule has 0 spiro atoms. The van der Waals surface area contributed by atoms with E-state index in [0.29, 0.717) is 18.3 Å². The van der Waals surface area contributed by atoms with Crippen molar-refractivity contribution in [3.8, 4) is 11.5 Å². The van der Waals surface area contributed by atoms with E-state index in [1.807, 2.05) is 0 Å². The Bertz CT molecular complexity index is 543. The van der Waals surface area contributed by atoms with Crippen LogP contribution in [0.25, 0.3) is 0 Å². The van der Waals surface area contributed by atoms with Crippen molar-refractivity contribution in [3.63, 3.8) is 0 Å². The Kier molecular flexibility index (Phi) is 5.54. The summed E-state index contributed by atoms with van der Waals surface area (Å²) in [6.07, 6.45) is 2.18. The lowest BCUT2D eigenvalue weighted by atomic mass is 10.2. The minimum atomic E-state index is -0.538. The van der Waals surface area contributed by atoms with Crippen molar-refractivity contribution in [1.29, 1.82) is 0 Å². The highest BCUT2D eigenvalue weighted by atomic mass is 16.6. The van der Waals surface area contributed by atoms with Gasteiger partial charge in [-0.15, -0.1) is 0 Å². The quantitative estimate of drug-likeness (QED) is 0.572. The zero-order valence-corrected chi connectivity index (χ0v) is 12.3. The van der Waals surface area contributed by atoms with E-state index in [0.717, 1.165) is 19.4 Å². The minimum Gasteiger partial charge on any atom is -0.490 e. The number of carbonyl (C=O) groups excluding carboxylic acids is 1. The molecule has 0 radical (unpaired) electrons. The largest absolute Gasteiger partial charge is 0.490 e. The first-order valence-corrected chi connectivity index (χ1v) is 7.05. The zero-order valence-electron chi connectivity index (χ0n) is 12.3. The third-order valence-electron chi connectivity index (χ3n) is 3.43. The Balaban J connectivity index is 1.82. The minimum absolute atomic E-state index is 0.0954. The number of amides is 1. The first kappa shape index (κ1) is 16.0. The van der Waals surface area contributed by atoms with Crippen molar-refractivity contribution >= 4 is 11.6 Å². The summed E-state index contributed by atoms with van der Waals surface area (Å²) >= 11 is 0. The van der Waals surface area contributed by atoms with Gasteiger partial charge in [0.2, 0.25) is 5.75 Å². The molecule has 8 nitrogen and oxygen atoms in total. The molecule has 120 valence electrons. The molecule has 2 N–H and O–H groups in total. The molecule has 1 amide bonds. The van der Waals surface area contributed by atoms with Crippen LogP contribution in [-0.2, 0) is 4.79 Å². The molecule has 22 heavy (non-hydrogen) atoms. The van der Waals surface area contributed by atoms with Gasteiger partial charge in [-0.2, -0.15) is 0 Å². The second-order valence-electron chi connectivity index (χ2n) is 4.98. The van der Waals surface area contributed by atoms with Crippen molar-refractivity contribution in [3.05, 3.63) is 28.3 Å². The van der Waals surface area contributed by atoms with Crippen LogP contribution in [0.4, 0.5) is 5.69 Å². The van der Waals surface area contributed by atoms with E-state index in [1.165, 1.54) is 25.3 Å². The molecule has 1 saturated heterocycles. The average molecular weight is 309 g/mol. The average Bonchev–Trinajstić information content (AvgIpc) is 3.03. The second-order valence-corrected chi connectivity index (χ2v) is 4.98. The number of carbonyl (C=O) groups is 1. The van der Waals surface area contributed by atoms with Gasteiger partial charge in [-0.25, -0.2) is 0 Å². The second kappa shape index (κ2) is 7.60. The molecule has 1 aliphatic rings. The van der Waals surface area contributed by atoms with Crippen LogP contribution in [0.2, 0.25) is 0 Å². The SMILES string of the molecule is COc1cc(OCC(=O)NCC2CCCN2)ccc1[N+](=O)[O-]. The molecule has 1 unspecified atom stereocenters. The zero-order chi connectivity index (χ0) is 15.9. The molecule has 1 aromatic rings. The molecule has 0 saturated carbocycles. The van der Waals surface area contributed by atoms with Gasteiger partial charge in [-0.3, -0.25) is 14.9 Å². The van der Waals surface area contributed by atoms with Gasteiger partial charge in [0.25, 0.3) is 5.91 Å². The van der Waals surface area contributed by atoms with Gasteiger partial charge in [-0.05, 0) is 25.5 Å². The summed E-state index contributed by atoms with van der Waals surface area (Å²) in [7, 11) is 1.34. The number of benzene rings is 1. The van der Waals surface area contributed by atoms with Crippen molar-refractivity contribution in [2.75, 3.05) is 26.8 Å². The smallest absolute Gasteiger partial charge is 0.311 e. The molecule has 1 aliphatic heterocycles. The van der Waals surface area contributed by atoms with Crippen molar-refractivity contribution in [2.45, 2.75) is 18.9 Å². The fourth-order valence-electron chi connectivity index (χ4n) is 2.27. The number of nitro groups is 1. The summed E-state index contributed by atoms with van der Waals surface area (Å²) in [5.41, 5.74) is -0.147. The van der Waals surface area contributed by atoms with Crippen molar-refractivity contribution in [2.24, 2.45) is 0 Å². The maximum Gasteiger partial charge on any atom is 0.311 e. The Morgan fingerprint density at radius 1 is 1.55 bits per heavy atom. The van der Waals surface area contributed by atoms with Crippen LogP contribution in [0.1, 0.15) is 12.8 Å². The predicted molar refractivity (Wildman–Crippen MR) is 79.2 cm³/mol. The monoisotopic (exact) mass is 309 g/mol. The third kappa shape index (κ3) is 4.32. The van der Waals surface area contributed by atoms with Gasteiger partial charge in [0.1, 0.15) is 5.75 Å². The summed E-state index contributed by atoms with van der Waals surface area (Å²) in [5, 5.41) is 16.9. The lowest BCUT2D eigenvalue weighted by Gasteiger charge is -2.12. The molecule has 2 rings (SSSR count). The highest BCUT2D eigenvalue weighted by molar-refractivity contribution is 5.77.